The molecule has 0 radical (unpaired) electrons. The minimum absolute atomic E-state index is 0.146. The van der Waals surface area contributed by atoms with Crippen molar-refractivity contribution in [2.24, 2.45) is 0 Å². The van der Waals surface area contributed by atoms with Crippen molar-refractivity contribution in [3.63, 3.8) is 0 Å². The number of carboxylic acid groups (broad SMARTS) is 1. The second kappa shape index (κ2) is 44.1. The van der Waals surface area contributed by atoms with E-state index in [1.807, 2.05) is 21.1 Å². The minimum atomic E-state index is -1.62. The number of esters is 2. The van der Waals surface area contributed by atoms with Crippen LogP contribution < -0.4 is 5.11 Å². The summed E-state index contributed by atoms with van der Waals surface area (Å²) >= 11 is 0. The molecule has 0 spiro atoms. The largest absolute Gasteiger partial charge is 0.545 e. The third-order valence-electron chi connectivity index (χ3n) is 10.9. The van der Waals surface area contributed by atoms with Gasteiger partial charge in [-0.05, 0) is 51.4 Å². The van der Waals surface area contributed by atoms with Crippen molar-refractivity contribution in [3.8, 4) is 0 Å². The monoisotopic (exact) mass is 862 g/mol. The normalized spacial score (nSPS) is 13.1. The van der Waals surface area contributed by atoms with Gasteiger partial charge in [0.2, 0.25) is 0 Å². The average Bonchev–Trinajstić information content (AvgIpc) is 3.22. The predicted molar refractivity (Wildman–Crippen MR) is 251 cm³/mol. The first-order chi connectivity index (χ1) is 29.6. The summed E-state index contributed by atoms with van der Waals surface area (Å²) in [5.41, 5.74) is 0. The van der Waals surface area contributed by atoms with Gasteiger partial charge in [-0.3, -0.25) is 9.59 Å². The van der Waals surface area contributed by atoms with E-state index in [0.717, 1.165) is 70.6 Å². The molecule has 0 rings (SSSR count). The number of rotatable bonds is 46. The summed E-state index contributed by atoms with van der Waals surface area (Å²) in [5.74, 6) is -2.29. The number of carbonyl (C=O) groups is 3. The van der Waals surface area contributed by atoms with Crippen molar-refractivity contribution in [1.29, 1.82) is 0 Å². The molecule has 0 amide bonds. The number of aliphatic carboxylic acids is 1. The van der Waals surface area contributed by atoms with Crippen LogP contribution in [-0.4, -0.2) is 82.3 Å². The molecule has 61 heavy (non-hydrogen) atoms. The van der Waals surface area contributed by atoms with E-state index in [-0.39, 0.29) is 32.2 Å². The van der Waals surface area contributed by atoms with Crippen LogP contribution in [0.1, 0.15) is 219 Å². The molecule has 0 heterocycles. The lowest BCUT2D eigenvalue weighted by molar-refractivity contribution is -0.870. The Hall–Kier alpha value is -2.49. The van der Waals surface area contributed by atoms with Crippen LogP contribution in [0.25, 0.3) is 0 Å². The van der Waals surface area contributed by atoms with Gasteiger partial charge in [0.15, 0.2) is 12.4 Å². The summed E-state index contributed by atoms with van der Waals surface area (Å²) in [7, 11) is 5.91. The third kappa shape index (κ3) is 45.4. The fraction of sp³-hybridized carbons (Fsp3) is 0.827. The maximum absolute atomic E-state index is 12.8. The maximum atomic E-state index is 12.8. The molecule has 0 aliphatic carbocycles. The van der Waals surface area contributed by atoms with E-state index < -0.39 is 24.3 Å². The fourth-order valence-corrected chi connectivity index (χ4v) is 6.95. The van der Waals surface area contributed by atoms with Crippen LogP contribution in [0.5, 0.6) is 0 Å². The lowest BCUT2D eigenvalue weighted by Gasteiger charge is -2.26. The Kier molecular flexibility index (Phi) is 42.3. The second-order valence-electron chi connectivity index (χ2n) is 18.1. The molecule has 9 nitrogen and oxygen atoms in total. The molecule has 0 aromatic rings. The van der Waals surface area contributed by atoms with Crippen LogP contribution in [0.2, 0.25) is 0 Å². The molecule has 0 aliphatic heterocycles. The molecule has 2 atom stereocenters. The molecule has 9 heteroatoms. The Bertz CT molecular complexity index is 1100. The summed E-state index contributed by atoms with van der Waals surface area (Å²) in [5, 5.41) is 11.7. The van der Waals surface area contributed by atoms with Crippen LogP contribution in [-0.2, 0) is 33.3 Å². The number of carbonyl (C=O) groups excluding carboxylic acids is 3. The van der Waals surface area contributed by atoms with Crippen LogP contribution in [0, 0.1) is 0 Å². The van der Waals surface area contributed by atoms with Crippen molar-refractivity contribution in [2.45, 2.75) is 232 Å². The summed E-state index contributed by atoms with van der Waals surface area (Å²) in [6.45, 7) is 4.73. The van der Waals surface area contributed by atoms with Crippen molar-refractivity contribution in [2.75, 3.05) is 47.5 Å². The highest BCUT2D eigenvalue weighted by Crippen LogP contribution is 2.15. The minimum Gasteiger partial charge on any atom is -0.545 e. The van der Waals surface area contributed by atoms with Gasteiger partial charge < -0.3 is 33.3 Å². The Balaban J connectivity index is 4.38. The number of allylic oxidation sites excluding steroid dienone is 6. The van der Waals surface area contributed by atoms with E-state index in [4.69, 9.17) is 18.9 Å². The summed E-state index contributed by atoms with van der Waals surface area (Å²) in [6.07, 6.45) is 47.4. The highest BCUT2D eigenvalue weighted by molar-refractivity contribution is 5.70. The van der Waals surface area contributed by atoms with E-state index >= 15 is 0 Å². The summed E-state index contributed by atoms with van der Waals surface area (Å²) in [4.78, 5) is 37.1. The number of nitrogens with zero attached hydrogens (tertiary/aromatic N) is 1. The Morgan fingerprint density at radius 2 is 0.885 bits per heavy atom. The number of ether oxygens (including phenoxy) is 4. The van der Waals surface area contributed by atoms with Crippen molar-refractivity contribution in [1.82, 2.24) is 0 Å². The molecule has 0 fully saturated rings. The van der Waals surface area contributed by atoms with E-state index in [9.17, 15) is 19.5 Å². The number of likely N-dealkylation sites (N-methyl/N-ethyl adjacent to an activating group) is 1. The molecular weight excluding hydrogens is 767 g/mol. The molecule has 356 valence electrons. The van der Waals surface area contributed by atoms with Crippen LogP contribution in [0.15, 0.2) is 36.5 Å². The number of hydrogen-bond acceptors (Lipinski definition) is 8. The molecule has 0 N–H and O–H groups in total. The van der Waals surface area contributed by atoms with Crippen molar-refractivity contribution < 1.29 is 42.9 Å². The highest BCUT2D eigenvalue weighted by Gasteiger charge is 2.21. The number of hydrogen-bond donors (Lipinski definition) is 0. The van der Waals surface area contributed by atoms with Gasteiger partial charge in [0.25, 0.3) is 0 Å². The average molecular weight is 862 g/mol. The quantitative estimate of drug-likeness (QED) is 0.0196. The van der Waals surface area contributed by atoms with Gasteiger partial charge in [0, 0.05) is 12.8 Å². The zero-order chi connectivity index (χ0) is 44.9. The van der Waals surface area contributed by atoms with Gasteiger partial charge in [-0.1, -0.05) is 192 Å². The van der Waals surface area contributed by atoms with Gasteiger partial charge in [0.05, 0.1) is 40.3 Å². The first-order valence-electron chi connectivity index (χ1n) is 25.1. The Morgan fingerprint density at radius 3 is 1.31 bits per heavy atom. The molecular formula is C52H95NO8. The lowest BCUT2D eigenvalue weighted by atomic mass is 10.0. The van der Waals surface area contributed by atoms with E-state index in [0.29, 0.717) is 23.9 Å². The first kappa shape index (κ1) is 58.5. The highest BCUT2D eigenvalue weighted by atomic mass is 16.7. The van der Waals surface area contributed by atoms with Crippen molar-refractivity contribution in [3.05, 3.63) is 36.5 Å². The zero-order valence-corrected chi connectivity index (χ0v) is 40.3. The maximum Gasteiger partial charge on any atom is 0.306 e. The van der Waals surface area contributed by atoms with E-state index in [1.54, 1.807) is 0 Å². The molecule has 0 aromatic carbocycles. The number of carboxylic acids is 1. The standard InChI is InChI=1S/C52H95NO8/c1-6-8-10-12-14-16-18-20-22-23-24-25-26-27-29-31-33-35-37-39-41-43-50(55)61-48(47-60-52(51(56)57)58-45-44-53(3,4)5)46-59-49(54)42-40-38-36-34-32-30-28-21-19-17-15-13-11-9-7-2/h18,20,23-24,26-27,48,52H,6-17,19,21-22,25,28-47H2,1-5H3/b20-18-,24-23-,27-26-. The van der Waals surface area contributed by atoms with Crippen molar-refractivity contribution >= 4 is 17.9 Å². The Labute approximate surface area is 375 Å². The number of unbranched alkanes of at least 4 members (excludes halogenated alkanes) is 25. The molecule has 2 unspecified atom stereocenters. The van der Waals surface area contributed by atoms with Gasteiger partial charge in [-0.25, -0.2) is 0 Å². The topological polar surface area (TPSA) is 111 Å². The Morgan fingerprint density at radius 1 is 0.492 bits per heavy atom. The van der Waals surface area contributed by atoms with Crippen LogP contribution in [0.4, 0.5) is 0 Å². The first-order valence-corrected chi connectivity index (χ1v) is 25.1. The van der Waals surface area contributed by atoms with Gasteiger partial charge in [0.1, 0.15) is 13.2 Å². The van der Waals surface area contributed by atoms with Crippen LogP contribution >= 0.6 is 0 Å². The van der Waals surface area contributed by atoms with Crippen LogP contribution in [0.3, 0.4) is 0 Å². The van der Waals surface area contributed by atoms with E-state index in [1.165, 1.54) is 116 Å². The third-order valence-corrected chi connectivity index (χ3v) is 10.9. The fourth-order valence-electron chi connectivity index (χ4n) is 6.95. The second-order valence-corrected chi connectivity index (χ2v) is 18.1. The molecule has 0 saturated carbocycles. The predicted octanol–water partition coefficient (Wildman–Crippen LogP) is 12.4. The molecule has 0 saturated heterocycles. The van der Waals surface area contributed by atoms with Gasteiger partial charge in [-0.2, -0.15) is 0 Å². The lowest BCUT2D eigenvalue weighted by Crippen LogP contribution is -2.44. The van der Waals surface area contributed by atoms with Gasteiger partial charge >= 0.3 is 11.9 Å². The van der Waals surface area contributed by atoms with E-state index in [2.05, 4.69) is 50.3 Å². The zero-order valence-electron chi connectivity index (χ0n) is 40.3. The number of quaternary nitrogens is 1. The van der Waals surface area contributed by atoms with Gasteiger partial charge in [-0.15, -0.1) is 0 Å². The molecule has 0 aliphatic rings. The summed E-state index contributed by atoms with van der Waals surface area (Å²) < 4.78 is 22.6. The SMILES string of the molecule is CCCCCCC/C=C\C/C=C\C/C=C\CCCCCCCCC(=O)OC(COC(=O)CCCCCCCCCCCCCCCCC)COC(OCC[N+](C)(C)C)C(=O)[O-]. The molecule has 0 bridgehead atoms. The molecule has 0 aromatic heterocycles. The summed E-state index contributed by atoms with van der Waals surface area (Å²) in [6, 6.07) is 0. The smallest absolute Gasteiger partial charge is 0.306 e.